The van der Waals surface area contributed by atoms with Crippen molar-refractivity contribution in [3.63, 3.8) is 0 Å². The van der Waals surface area contributed by atoms with Crippen LogP contribution < -0.4 is 4.90 Å². The SMILES string of the molecule is Cc1ccc(-n2c(Cc3ccccc3)nn(C[NH+]3CCCC3)c2=S)c(C)c1. The molecule has 0 amide bonds. The molecule has 1 aliphatic rings. The molecule has 0 atom stereocenters. The quantitative estimate of drug-likeness (QED) is 0.689. The molecule has 1 saturated heterocycles. The van der Waals surface area contributed by atoms with E-state index in [4.69, 9.17) is 17.3 Å². The molecule has 2 aromatic carbocycles. The van der Waals surface area contributed by atoms with E-state index in [0.717, 1.165) is 29.4 Å². The van der Waals surface area contributed by atoms with E-state index in [1.54, 1.807) is 4.90 Å². The highest BCUT2D eigenvalue weighted by Crippen LogP contribution is 2.20. The fourth-order valence-electron chi connectivity index (χ4n) is 3.99. The van der Waals surface area contributed by atoms with E-state index >= 15 is 0 Å². The van der Waals surface area contributed by atoms with Gasteiger partial charge in [0.2, 0.25) is 4.77 Å². The summed E-state index contributed by atoms with van der Waals surface area (Å²) in [5.74, 6) is 1.01. The number of aryl methyl sites for hydroxylation is 2. The molecule has 1 fully saturated rings. The van der Waals surface area contributed by atoms with Gasteiger partial charge in [-0.3, -0.25) is 4.57 Å². The highest BCUT2D eigenvalue weighted by atomic mass is 32.1. The average Bonchev–Trinajstić information content (AvgIpc) is 3.26. The second-order valence-corrected chi connectivity index (χ2v) is 7.97. The van der Waals surface area contributed by atoms with Crippen molar-refractivity contribution in [1.82, 2.24) is 14.3 Å². The minimum absolute atomic E-state index is 0.778. The first-order valence-corrected chi connectivity index (χ1v) is 10.2. The van der Waals surface area contributed by atoms with Crippen molar-refractivity contribution < 1.29 is 4.90 Å². The van der Waals surface area contributed by atoms with E-state index in [9.17, 15) is 0 Å². The third kappa shape index (κ3) is 3.89. The molecule has 5 heteroatoms. The smallest absolute Gasteiger partial charge is 0.207 e. The fraction of sp³-hybridized carbons (Fsp3) is 0.364. The predicted octanol–water partition coefficient (Wildman–Crippen LogP) is 3.25. The molecule has 1 aromatic heterocycles. The van der Waals surface area contributed by atoms with Gasteiger partial charge in [0.15, 0.2) is 6.67 Å². The van der Waals surface area contributed by atoms with Gasteiger partial charge in [0.25, 0.3) is 0 Å². The van der Waals surface area contributed by atoms with Gasteiger partial charge in [-0.2, -0.15) is 9.78 Å². The standard InChI is InChI=1S/C22H26N4S/c1-17-10-11-20(18(2)14-17)26-21(15-19-8-4-3-5-9-19)23-25(22(26)27)16-24-12-6-7-13-24/h3-5,8-11,14H,6-7,12-13,15-16H2,1-2H3/p+1. The lowest BCUT2D eigenvalue weighted by Gasteiger charge is -2.12. The van der Waals surface area contributed by atoms with Crippen LogP contribution in [0.1, 0.15) is 35.4 Å². The lowest BCUT2D eigenvalue weighted by Crippen LogP contribution is -3.09. The van der Waals surface area contributed by atoms with Crippen LogP contribution in [0.3, 0.4) is 0 Å². The Hall–Kier alpha value is -2.24. The highest BCUT2D eigenvalue weighted by molar-refractivity contribution is 7.71. The van der Waals surface area contributed by atoms with Crippen LogP contribution in [0.5, 0.6) is 0 Å². The molecule has 2 heterocycles. The third-order valence-corrected chi connectivity index (χ3v) is 5.78. The maximum atomic E-state index is 5.89. The summed E-state index contributed by atoms with van der Waals surface area (Å²) in [6, 6.07) is 17.1. The van der Waals surface area contributed by atoms with Crippen LogP contribution in [0.25, 0.3) is 5.69 Å². The zero-order valence-electron chi connectivity index (χ0n) is 16.1. The van der Waals surface area contributed by atoms with Gasteiger partial charge < -0.3 is 4.90 Å². The Morgan fingerprint density at radius 3 is 2.48 bits per heavy atom. The summed E-state index contributed by atoms with van der Waals surface area (Å²) in [6.07, 6.45) is 3.38. The van der Waals surface area contributed by atoms with E-state index in [1.807, 2.05) is 4.68 Å². The average molecular weight is 380 g/mol. The molecule has 3 aromatic rings. The number of benzene rings is 2. The number of rotatable bonds is 5. The molecule has 1 N–H and O–H groups in total. The van der Waals surface area contributed by atoms with Gasteiger partial charge in [0, 0.05) is 19.3 Å². The molecule has 0 bridgehead atoms. The molecule has 0 spiro atoms. The van der Waals surface area contributed by atoms with Crippen molar-refractivity contribution in [2.75, 3.05) is 13.1 Å². The molecule has 4 nitrogen and oxygen atoms in total. The summed E-state index contributed by atoms with van der Waals surface area (Å²) in [5.41, 5.74) is 4.89. The van der Waals surface area contributed by atoms with Crippen molar-refractivity contribution in [2.45, 2.75) is 39.8 Å². The second kappa shape index (κ2) is 7.79. The number of quaternary nitrogens is 1. The van der Waals surface area contributed by atoms with Crippen LogP contribution in [0.2, 0.25) is 0 Å². The molecule has 140 valence electrons. The molecule has 27 heavy (non-hydrogen) atoms. The van der Waals surface area contributed by atoms with E-state index in [1.165, 1.54) is 42.6 Å². The van der Waals surface area contributed by atoms with Gasteiger partial charge in [0.05, 0.1) is 18.8 Å². The van der Waals surface area contributed by atoms with Crippen LogP contribution in [0, 0.1) is 18.6 Å². The summed E-state index contributed by atoms with van der Waals surface area (Å²) in [4.78, 5) is 1.57. The summed E-state index contributed by atoms with van der Waals surface area (Å²) in [7, 11) is 0. The second-order valence-electron chi connectivity index (χ2n) is 7.60. The fourth-order valence-corrected chi connectivity index (χ4v) is 4.30. The van der Waals surface area contributed by atoms with Crippen molar-refractivity contribution >= 4 is 12.2 Å². The molecular weight excluding hydrogens is 352 g/mol. The van der Waals surface area contributed by atoms with Crippen molar-refractivity contribution in [3.05, 3.63) is 75.8 Å². The first-order chi connectivity index (χ1) is 13.1. The van der Waals surface area contributed by atoms with Gasteiger partial charge in [-0.25, -0.2) is 0 Å². The van der Waals surface area contributed by atoms with Gasteiger partial charge in [0.1, 0.15) is 5.82 Å². The van der Waals surface area contributed by atoms with Gasteiger partial charge in [-0.1, -0.05) is 48.0 Å². The summed E-state index contributed by atoms with van der Waals surface area (Å²) < 4.78 is 5.01. The van der Waals surface area contributed by atoms with Crippen LogP contribution in [-0.2, 0) is 13.1 Å². The predicted molar refractivity (Wildman–Crippen MR) is 111 cm³/mol. The molecule has 4 rings (SSSR count). The first kappa shape index (κ1) is 18.1. The van der Waals surface area contributed by atoms with E-state index < -0.39 is 0 Å². The van der Waals surface area contributed by atoms with Crippen molar-refractivity contribution in [3.8, 4) is 5.69 Å². The largest absolute Gasteiger partial charge is 0.316 e. The lowest BCUT2D eigenvalue weighted by molar-refractivity contribution is -0.911. The normalized spacial score (nSPS) is 14.7. The molecule has 0 saturated carbocycles. The van der Waals surface area contributed by atoms with Crippen LogP contribution in [0.15, 0.2) is 48.5 Å². The Balaban J connectivity index is 1.78. The summed E-state index contributed by atoms with van der Waals surface area (Å²) in [5, 5.41) is 4.96. The molecule has 1 aliphatic heterocycles. The lowest BCUT2D eigenvalue weighted by atomic mass is 10.1. The molecule has 0 unspecified atom stereocenters. The highest BCUT2D eigenvalue weighted by Gasteiger charge is 2.20. The van der Waals surface area contributed by atoms with Crippen LogP contribution in [0.4, 0.5) is 0 Å². The summed E-state index contributed by atoms with van der Waals surface area (Å²) >= 11 is 5.89. The first-order valence-electron chi connectivity index (χ1n) is 9.75. The number of likely N-dealkylation sites (tertiary alicyclic amines) is 1. The topological polar surface area (TPSA) is 27.2 Å². The molecular formula is C22H27N4S+. The minimum atomic E-state index is 0.778. The van der Waals surface area contributed by atoms with Gasteiger partial charge in [-0.05, 0) is 43.3 Å². The Labute approximate surface area is 166 Å². The van der Waals surface area contributed by atoms with Gasteiger partial charge >= 0.3 is 0 Å². The Morgan fingerprint density at radius 2 is 1.78 bits per heavy atom. The minimum Gasteiger partial charge on any atom is -0.316 e. The zero-order chi connectivity index (χ0) is 18.8. The Bertz CT molecular complexity index is 981. The van der Waals surface area contributed by atoms with Crippen LogP contribution >= 0.6 is 12.2 Å². The van der Waals surface area contributed by atoms with E-state index in [2.05, 4.69) is 66.9 Å². The maximum Gasteiger partial charge on any atom is 0.207 e. The Morgan fingerprint density at radius 1 is 1.04 bits per heavy atom. The van der Waals surface area contributed by atoms with Crippen molar-refractivity contribution in [1.29, 1.82) is 0 Å². The number of hydrogen-bond acceptors (Lipinski definition) is 2. The number of nitrogens with zero attached hydrogens (tertiary/aromatic N) is 3. The summed E-state index contributed by atoms with van der Waals surface area (Å²) in [6.45, 7) is 7.57. The molecule has 0 aliphatic carbocycles. The monoisotopic (exact) mass is 379 g/mol. The zero-order valence-corrected chi connectivity index (χ0v) is 16.9. The maximum absolute atomic E-state index is 5.89. The van der Waals surface area contributed by atoms with Gasteiger partial charge in [-0.15, -0.1) is 0 Å². The third-order valence-electron chi connectivity index (χ3n) is 5.39. The van der Waals surface area contributed by atoms with Crippen molar-refractivity contribution in [2.24, 2.45) is 0 Å². The van der Waals surface area contributed by atoms with E-state index in [0.29, 0.717) is 0 Å². The number of nitrogens with one attached hydrogen (secondary N) is 1. The van der Waals surface area contributed by atoms with Crippen LogP contribution in [-0.4, -0.2) is 27.4 Å². The number of hydrogen-bond donors (Lipinski definition) is 1. The molecule has 0 radical (unpaired) electrons. The van der Waals surface area contributed by atoms with E-state index in [-0.39, 0.29) is 0 Å². The Kier molecular flexibility index (Phi) is 5.23. The number of aromatic nitrogens is 3.